The average Bonchev–Trinajstić information content (AvgIpc) is 2.55. The van der Waals surface area contributed by atoms with Crippen molar-refractivity contribution in [1.82, 2.24) is 0 Å². The van der Waals surface area contributed by atoms with Gasteiger partial charge in [-0.15, -0.1) is 0 Å². The van der Waals surface area contributed by atoms with Gasteiger partial charge < -0.3 is 0 Å². The molecular formula is C23H32. The molecule has 23 heavy (non-hydrogen) atoms. The maximum atomic E-state index is 4.57. The first kappa shape index (κ1) is 16.6. The van der Waals surface area contributed by atoms with Crippen LogP contribution < -0.4 is 0 Å². The van der Waals surface area contributed by atoms with Crippen LogP contribution in [0.25, 0.3) is 5.57 Å². The van der Waals surface area contributed by atoms with Gasteiger partial charge in [0.25, 0.3) is 0 Å². The zero-order valence-electron chi connectivity index (χ0n) is 15.7. The Morgan fingerprint density at radius 2 is 2.00 bits per heavy atom. The van der Waals surface area contributed by atoms with Crippen LogP contribution >= 0.6 is 0 Å². The summed E-state index contributed by atoms with van der Waals surface area (Å²) in [5.74, 6) is 1.51. The van der Waals surface area contributed by atoms with Crippen molar-refractivity contribution < 1.29 is 0 Å². The van der Waals surface area contributed by atoms with Crippen LogP contribution in [0.1, 0.15) is 80.2 Å². The van der Waals surface area contributed by atoms with Crippen molar-refractivity contribution in [3.8, 4) is 0 Å². The van der Waals surface area contributed by atoms with E-state index in [0.29, 0.717) is 5.92 Å². The third-order valence-electron chi connectivity index (χ3n) is 7.08. The lowest BCUT2D eigenvalue weighted by molar-refractivity contribution is 0.282. The minimum Gasteiger partial charge on any atom is -0.0990 e. The van der Waals surface area contributed by atoms with Gasteiger partial charge in [0.05, 0.1) is 0 Å². The van der Waals surface area contributed by atoms with E-state index in [0.717, 1.165) is 12.3 Å². The molecule has 2 aliphatic rings. The summed E-state index contributed by atoms with van der Waals surface area (Å²) >= 11 is 0. The molecule has 0 bridgehead atoms. The molecule has 0 aliphatic heterocycles. The quantitative estimate of drug-likeness (QED) is 0.542. The summed E-state index contributed by atoms with van der Waals surface area (Å²) in [5.41, 5.74) is 10.4. The Morgan fingerprint density at radius 3 is 2.61 bits per heavy atom. The molecule has 0 nitrogen and oxygen atoms in total. The predicted octanol–water partition coefficient (Wildman–Crippen LogP) is 6.75. The molecule has 3 rings (SSSR count). The van der Waals surface area contributed by atoms with Gasteiger partial charge in [-0.2, -0.15) is 0 Å². The van der Waals surface area contributed by atoms with E-state index in [1.165, 1.54) is 53.5 Å². The van der Waals surface area contributed by atoms with Gasteiger partial charge in [0.1, 0.15) is 0 Å². The maximum Gasteiger partial charge on any atom is 0.0137 e. The fourth-order valence-corrected chi connectivity index (χ4v) is 5.13. The highest BCUT2D eigenvalue weighted by Gasteiger charge is 2.44. The zero-order valence-corrected chi connectivity index (χ0v) is 15.7. The second-order valence-corrected chi connectivity index (χ2v) is 8.04. The molecule has 0 amide bonds. The second kappa shape index (κ2) is 5.65. The molecule has 124 valence electrons. The van der Waals surface area contributed by atoms with Gasteiger partial charge in [0.15, 0.2) is 0 Å². The van der Waals surface area contributed by atoms with Crippen LogP contribution in [0, 0.1) is 25.2 Å². The summed E-state index contributed by atoms with van der Waals surface area (Å²) in [6.45, 7) is 20.6. The van der Waals surface area contributed by atoms with Gasteiger partial charge in [0.2, 0.25) is 0 Å². The molecule has 0 saturated heterocycles. The van der Waals surface area contributed by atoms with Crippen molar-refractivity contribution in [2.75, 3.05) is 0 Å². The lowest BCUT2D eigenvalue weighted by Gasteiger charge is -2.48. The number of hydrogen-bond acceptors (Lipinski definition) is 0. The molecule has 2 aliphatic carbocycles. The first-order valence-corrected chi connectivity index (χ1v) is 9.36. The SMILES string of the molecule is C=C(CC)C1(C)CC2c3c(cc(C)c(C)c3CCC2CC)C1=C. The normalized spacial score (nSPS) is 29.3. The minimum atomic E-state index is 0.0656. The molecule has 0 fully saturated rings. The number of hydrogen-bond donors (Lipinski definition) is 0. The van der Waals surface area contributed by atoms with Crippen LogP contribution in [0.3, 0.4) is 0 Å². The number of allylic oxidation sites excluding steroid dienone is 2. The summed E-state index contributed by atoms with van der Waals surface area (Å²) in [6.07, 6.45) is 6.14. The van der Waals surface area contributed by atoms with Crippen LogP contribution in [0.4, 0.5) is 0 Å². The van der Waals surface area contributed by atoms with Crippen LogP contribution in [0.2, 0.25) is 0 Å². The van der Waals surface area contributed by atoms with Crippen molar-refractivity contribution in [1.29, 1.82) is 0 Å². The van der Waals surface area contributed by atoms with E-state index in [9.17, 15) is 0 Å². The third-order valence-corrected chi connectivity index (χ3v) is 7.08. The van der Waals surface area contributed by atoms with Gasteiger partial charge in [0, 0.05) is 5.41 Å². The smallest absolute Gasteiger partial charge is 0.0137 e. The molecule has 0 N–H and O–H groups in total. The van der Waals surface area contributed by atoms with Gasteiger partial charge in [-0.05, 0) is 84.8 Å². The van der Waals surface area contributed by atoms with Crippen LogP contribution in [0.5, 0.6) is 0 Å². The summed E-state index contributed by atoms with van der Waals surface area (Å²) in [5, 5.41) is 0. The Morgan fingerprint density at radius 1 is 1.30 bits per heavy atom. The predicted molar refractivity (Wildman–Crippen MR) is 102 cm³/mol. The van der Waals surface area contributed by atoms with Gasteiger partial charge >= 0.3 is 0 Å². The second-order valence-electron chi connectivity index (χ2n) is 8.04. The van der Waals surface area contributed by atoms with E-state index in [1.807, 2.05) is 0 Å². The highest BCUT2D eigenvalue weighted by atomic mass is 14.5. The molecule has 1 aromatic rings. The number of aryl methyl sites for hydroxylation is 1. The highest BCUT2D eigenvalue weighted by Crippen LogP contribution is 2.58. The van der Waals surface area contributed by atoms with E-state index in [4.69, 9.17) is 0 Å². The molecule has 0 saturated carbocycles. The average molecular weight is 309 g/mol. The molecular weight excluding hydrogens is 276 g/mol. The molecule has 3 unspecified atom stereocenters. The first-order valence-electron chi connectivity index (χ1n) is 9.36. The molecule has 0 aromatic heterocycles. The van der Waals surface area contributed by atoms with E-state index in [2.05, 4.69) is 53.8 Å². The fourth-order valence-electron chi connectivity index (χ4n) is 5.13. The Hall–Kier alpha value is -1.30. The van der Waals surface area contributed by atoms with Crippen molar-refractivity contribution in [2.24, 2.45) is 11.3 Å². The molecule has 1 aromatic carbocycles. The Balaban J connectivity index is 2.26. The lowest BCUT2D eigenvalue weighted by Crippen LogP contribution is -2.35. The maximum absolute atomic E-state index is 4.57. The Bertz CT molecular complexity index is 676. The fraction of sp³-hybridized carbons (Fsp3) is 0.565. The highest BCUT2D eigenvalue weighted by molar-refractivity contribution is 5.78. The molecule has 0 radical (unpaired) electrons. The van der Waals surface area contributed by atoms with E-state index in [-0.39, 0.29) is 5.41 Å². The monoisotopic (exact) mass is 308 g/mol. The van der Waals surface area contributed by atoms with Gasteiger partial charge in [-0.1, -0.05) is 52.0 Å². The van der Waals surface area contributed by atoms with Crippen molar-refractivity contribution in [3.63, 3.8) is 0 Å². The Kier molecular flexibility index (Phi) is 4.07. The van der Waals surface area contributed by atoms with Crippen molar-refractivity contribution >= 4 is 5.57 Å². The Labute approximate surface area is 142 Å². The lowest BCUT2D eigenvalue weighted by atomic mass is 9.56. The molecule has 3 atom stereocenters. The van der Waals surface area contributed by atoms with Crippen LogP contribution in [0.15, 0.2) is 24.8 Å². The number of benzene rings is 1. The molecule has 0 heterocycles. The summed E-state index contributed by atoms with van der Waals surface area (Å²) in [4.78, 5) is 0. The molecule has 0 heteroatoms. The summed E-state index contributed by atoms with van der Waals surface area (Å²) < 4.78 is 0. The minimum absolute atomic E-state index is 0.0656. The van der Waals surface area contributed by atoms with Crippen LogP contribution in [-0.2, 0) is 6.42 Å². The van der Waals surface area contributed by atoms with E-state index >= 15 is 0 Å². The zero-order chi connectivity index (χ0) is 16.9. The van der Waals surface area contributed by atoms with Crippen molar-refractivity contribution in [2.45, 2.75) is 72.6 Å². The van der Waals surface area contributed by atoms with Gasteiger partial charge in [-0.25, -0.2) is 0 Å². The number of rotatable bonds is 3. The molecule has 0 spiro atoms. The third kappa shape index (κ3) is 2.25. The summed E-state index contributed by atoms with van der Waals surface area (Å²) in [7, 11) is 0. The van der Waals surface area contributed by atoms with E-state index < -0.39 is 0 Å². The largest absolute Gasteiger partial charge is 0.0990 e. The van der Waals surface area contributed by atoms with E-state index in [1.54, 1.807) is 11.1 Å². The first-order chi connectivity index (χ1) is 10.8. The standard InChI is InChI=1S/C23H32/c1-8-15(4)23(7)13-21-18(9-2)10-11-19-16(5)14(3)12-20(17(23)6)22(19)21/h12,18,21H,4,6,8-11,13H2,1-3,5,7H3. The van der Waals surface area contributed by atoms with Gasteiger partial charge in [-0.3, -0.25) is 0 Å². The topological polar surface area (TPSA) is 0 Å². The van der Waals surface area contributed by atoms with Crippen LogP contribution in [-0.4, -0.2) is 0 Å². The summed E-state index contributed by atoms with van der Waals surface area (Å²) in [6, 6.07) is 2.42. The van der Waals surface area contributed by atoms with Crippen molar-refractivity contribution in [3.05, 3.63) is 52.6 Å².